The minimum Gasteiger partial charge on any atom is -0.463 e. The number of hydrogen-bond donors (Lipinski definition) is 2. The van der Waals surface area contributed by atoms with E-state index in [0.717, 1.165) is 43.2 Å². The summed E-state index contributed by atoms with van der Waals surface area (Å²) in [5, 5.41) is 9.49. The van der Waals surface area contributed by atoms with Crippen molar-refractivity contribution in [3.63, 3.8) is 0 Å². The van der Waals surface area contributed by atoms with Crippen LogP contribution in [-0.4, -0.2) is 46.1 Å². The van der Waals surface area contributed by atoms with E-state index < -0.39 is 0 Å². The Labute approximate surface area is 160 Å². The second kappa shape index (κ2) is 9.56. The van der Waals surface area contributed by atoms with E-state index in [0.29, 0.717) is 29.6 Å². The number of aromatic nitrogens is 3. The Bertz CT molecular complexity index is 788. The van der Waals surface area contributed by atoms with Crippen molar-refractivity contribution in [1.29, 1.82) is 5.26 Å². The highest BCUT2D eigenvalue weighted by atomic mass is 16.5. The molecule has 1 aliphatic heterocycles. The molecule has 2 aromatic rings. The van der Waals surface area contributed by atoms with Gasteiger partial charge in [0.1, 0.15) is 22.8 Å². The first kappa shape index (κ1) is 19.4. The van der Waals surface area contributed by atoms with Crippen LogP contribution in [0.15, 0.2) is 0 Å². The SMILES string of the molecule is CCCCOc1nc(N)c2[nH]c(C#N)c(CCCCCN3CCCC3)c2n1. The highest BCUT2D eigenvalue weighted by Crippen LogP contribution is 2.27. The maximum absolute atomic E-state index is 9.49. The lowest BCUT2D eigenvalue weighted by molar-refractivity contribution is 0.287. The maximum atomic E-state index is 9.49. The molecule has 0 saturated carbocycles. The number of ether oxygens (including phenoxy) is 1. The summed E-state index contributed by atoms with van der Waals surface area (Å²) in [6, 6.07) is 2.54. The van der Waals surface area contributed by atoms with E-state index in [4.69, 9.17) is 10.5 Å². The van der Waals surface area contributed by atoms with Crippen LogP contribution in [0.1, 0.15) is 63.1 Å². The first-order chi connectivity index (χ1) is 13.2. The van der Waals surface area contributed by atoms with Crippen molar-refractivity contribution in [1.82, 2.24) is 19.9 Å². The fraction of sp³-hybridized carbons (Fsp3) is 0.650. The number of nitrogens with zero attached hydrogens (tertiary/aromatic N) is 4. The highest BCUT2D eigenvalue weighted by Gasteiger charge is 2.17. The summed E-state index contributed by atoms with van der Waals surface area (Å²) in [5.74, 6) is 0.336. The van der Waals surface area contributed by atoms with E-state index >= 15 is 0 Å². The quantitative estimate of drug-likeness (QED) is 0.621. The molecular formula is C20H30N6O. The van der Waals surface area contributed by atoms with Crippen LogP contribution in [0, 0.1) is 11.3 Å². The molecule has 3 rings (SSSR count). The number of fused-ring (bicyclic) bond motifs is 1. The molecule has 0 radical (unpaired) electrons. The average molecular weight is 371 g/mol. The molecule has 0 bridgehead atoms. The van der Waals surface area contributed by atoms with Crippen molar-refractivity contribution >= 4 is 16.9 Å². The number of rotatable bonds is 10. The van der Waals surface area contributed by atoms with Crippen molar-refractivity contribution in [2.45, 2.75) is 58.3 Å². The number of aromatic amines is 1. The number of nitriles is 1. The summed E-state index contributed by atoms with van der Waals surface area (Å²) < 4.78 is 5.63. The number of nitrogen functional groups attached to an aromatic ring is 1. The van der Waals surface area contributed by atoms with E-state index in [9.17, 15) is 5.26 Å². The zero-order valence-corrected chi connectivity index (χ0v) is 16.3. The third-order valence-electron chi connectivity index (χ3n) is 5.19. The minimum absolute atomic E-state index is 0.298. The average Bonchev–Trinajstić information content (AvgIpc) is 3.30. The Morgan fingerprint density at radius 2 is 2.00 bits per heavy atom. The molecule has 27 heavy (non-hydrogen) atoms. The van der Waals surface area contributed by atoms with Crippen LogP contribution in [0.2, 0.25) is 0 Å². The molecule has 7 heteroatoms. The normalized spacial score (nSPS) is 14.7. The number of unbranched alkanes of at least 4 members (excludes halogenated alkanes) is 3. The monoisotopic (exact) mass is 370 g/mol. The molecule has 0 aromatic carbocycles. The summed E-state index contributed by atoms with van der Waals surface area (Å²) in [4.78, 5) is 14.4. The summed E-state index contributed by atoms with van der Waals surface area (Å²) in [6.07, 6.45) is 8.86. The van der Waals surface area contributed by atoms with E-state index in [-0.39, 0.29) is 0 Å². The van der Waals surface area contributed by atoms with Gasteiger partial charge >= 0.3 is 6.01 Å². The molecule has 1 aliphatic rings. The van der Waals surface area contributed by atoms with E-state index in [1.54, 1.807) is 0 Å². The molecule has 1 fully saturated rings. The first-order valence-corrected chi connectivity index (χ1v) is 10.2. The van der Waals surface area contributed by atoms with Gasteiger partial charge in [-0.1, -0.05) is 19.8 Å². The Kier molecular flexibility index (Phi) is 6.88. The molecule has 0 aliphatic carbocycles. The standard InChI is InChI=1S/C20H30N6O/c1-2-3-13-27-20-24-17-15(16(14-21)23-18(17)19(22)25-20)9-5-4-6-10-26-11-7-8-12-26/h23H,2-13H2,1H3,(H2,22,24,25). The molecule has 1 saturated heterocycles. The number of hydrogen-bond acceptors (Lipinski definition) is 6. The smallest absolute Gasteiger partial charge is 0.319 e. The van der Waals surface area contributed by atoms with Gasteiger partial charge in [-0.05, 0) is 58.2 Å². The Balaban J connectivity index is 1.65. The number of likely N-dealkylation sites (tertiary alicyclic amines) is 1. The van der Waals surface area contributed by atoms with Gasteiger partial charge in [-0.25, -0.2) is 0 Å². The van der Waals surface area contributed by atoms with Gasteiger partial charge in [0.05, 0.1) is 6.61 Å². The fourth-order valence-electron chi connectivity index (χ4n) is 3.65. The number of nitrogens with two attached hydrogens (primary N) is 1. The van der Waals surface area contributed by atoms with Gasteiger partial charge in [0, 0.05) is 5.56 Å². The Hall–Kier alpha value is -2.33. The number of aryl methyl sites for hydroxylation is 1. The molecule has 3 N–H and O–H groups in total. The second-order valence-electron chi connectivity index (χ2n) is 7.27. The van der Waals surface area contributed by atoms with Gasteiger partial charge in [-0.15, -0.1) is 0 Å². The summed E-state index contributed by atoms with van der Waals surface area (Å²) in [7, 11) is 0. The van der Waals surface area contributed by atoms with Crippen LogP contribution >= 0.6 is 0 Å². The van der Waals surface area contributed by atoms with Crippen LogP contribution < -0.4 is 10.5 Å². The van der Waals surface area contributed by atoms with Crippen LogP contribution in [0.4, 0.5) is 5.82 Å². The molecular weight excluding hydrogens is 340 g/mol. The molecule has 3 heterocycles. The highest BCUT2D eigenvalue weighted by molar-refractivity contribution is 5.89. The van der Waals surface area contributed by atoms with E-state index in [1.165, 1.54) is 38.9 Å². The Morgan fingerprint density at radius 1 is 1.19 bits per heavy atom. The number of anilines is 1. The van der Waals surface area contributed by atoms with Crippen molar-refractivity contribution in [2.75, 3.05) is 32.0 Å². The second-order valence-corrected chi connectivity index (χ2v) is 7.27. The lowest BCUT2D eigenvalue weighted by atomic mass is 10.1. The lowest BCUT2D eigenvalue weighted by Gasteiger charge is -2.13. The van der Waals surface area contributed by atoms with Gasteiger partial charge in [0.15, 0.2) is 5.82 Å². The molecule has 0 amide bonds. The summed E-state index contributed by atoms with van der Waals surface area (Å²) in [5.41, 5.74) is 8.91. The molecule has 7 nitrogen and oxygen atoms in total. The zero-order chi connectivity index (χ0) is 19.1. The van der Waals surface area contributed by atoms with Gasteiger partial charge in [-0.2, -0.15) is 15.2 Å². The molecule has 2 aromatic heterocycles. The predicted octanol–water partition coefficient (Wildman–Crippen LogP) is 3.40. The van der Waals surface area contributed by atoms with E-state index in [1.807, 2.05) is 0 Å². The fourth-order valence-corrected chi connectivity index (χ4v) is 3.65. The third kappa shape index (κ3) is 4.89. The van der Waals surface area contributed by atoms with Crippen molar-refractivity contribution in [3.05, 3.63) is 11.3 Å². The lowest BCUT2D eigenvalue weighted by Crippen LogP contribution is -2.20. The number of nitrogens with one attached hydrogen (secondary N) is 1. The topological polar surface area (TPSA) is 104 Å². The first-order valence-electron chi connectivity index (χ1n) is 10.2. The van der Waals surface area contributed by atoms with Gasteiger partial charge in [-0.3, -0.25) is 0 Å². The van der Waals surface area contributed by atoms with Gasteiger partial charge < -0.3 is 20.4 Å². The number of H-pyrrole nitrogens is 1. The molecule has 0 spiro atoms. The van der Waals surface area contributed by atoms with Crippen molar-refractivity contribution in [3.8, 4) is 12.1 Å². The maximum Gasteiger partial charge on any atom is 0.319 e. The Morgan fingerprint density at radius 3 is 2.74 bits per heavy atom. The minimum atomic E-state index is 0.298. The third-order valence-corrected chi connectivity index (χ3v) is 5.19. The molecule has 0 atom stereocenters. The predicted molar refractivity (Wildman–Crippen MR) is 107 cm³/mol. The van der Waals surface area contributed by atoms with Crippen LogP contribution in [0.5, 0.6) is 6.01 Å². The summed E-state index contributed by atoms with van der Waals surface area (Å²) in [6.45, 7) is 6.36. The van der Waals surface area contributed by atoms with Gasteiger partial charge in [0.25, 0.3) is 0 Å². The summed E-state index contributed by atoms with van der Waals surface area (Å²) >= 11 is 0. The van der Waals surface area contributed by atoms with Crippen molar-refractivity contribution in [2.24, 2.45) is 0 Å². The zero-order valence-electron chi connectivity index (χ0n) is 16.3. The van der Waals surface area contributed by atoms with Crippen LogP contribution in [0.25, 0.3) is 11.0 Å². The van der Waals surface area contributed by atoms with Crippen LogP contribution in [0.3, 0.4) is 0 Å². The van der Waals surface area contributed by atoms with Crippen molar-refractivity contribution < 1.29 is 4.74 Å². The molecule has 146 valence electrons. The van der Waals surface area contributed by atoms with E-state index in [2.05, 4.69) is 32.8 Å². The van der Waals surface area contributed by atoms with Crippen LogP contribution in [-0.2, 0) is 6.42 Å². The van der Waals surface area contributed by atoms with Gasteiger partial charge in [0.2, 0.25) is 0 Å². The largest absolute Gasteiger partial charge is 0.463 e. The molecule has 0 unspecified atom stereocenters.